The molecular formula is C25H27FN2O3S. The van der Waals surface area contributed by atoms with E-state index in [1.54, 1.807) is 24.3 Å². The lowest BCUT2D eigenvalue weighted by atomic mass is 9.85. The highest BCUT2D eigenvalue weighted by Gasteiger charge is 2.30. The molecule has 7 heteroatoms. The van der Waals surface area contributed by atoms with E-state index in [1.165, 1.54) is 12.1 Å². The summed E-state index contributed by atoms with van der Waals surface area (Å²) in [5.74, 6) is -0.509. The third-order valence-electron chi connectivity index (χ3n) is 6.19. The van der Waals surface area contributed by atoms with E-state index in [4.69, 9.17) is 0 Å². The number of amides is 1. The van der Waals surface area contributed by atoms with E-state index in [0.717, 1.165) is 10.9 Å². The monoisotopic (exact) mass is 454 g/mol. The smallest absolute Gasteiger partial charge is 0.241 e. The lowest BCUT2D eigenvalue weighted by Gasteiger charge is -2.29. The largest absolute Gasteiger partial charge is 0.349 e. The van der Waals surface area contributed by atoms with Crippen LogP contribution in [-0.4, -0.2) is 20.4 Å². The topological polar surface area (TPSA) is 75.3 Å². The van der Waals surface area contributed by atoms with Gasteiger partial charge in [0.15, 0.2) is 0 Å². The number of nitrogens with one attached hydrogen (secondary N) is 2. The van der Waals surface area contributed by atoms with Crippen molar-refractivity contribution in [1.29, 1.82) is 0 Å². The van der Waals surface area contributed by atoms with Crippen molar-refractivity contribution in [3.8, 4) is 0 Å². The molecule has 1 aliphatic carbocycles. The molecule has 0 heterocycles. The normalized spacial score (nSPS) is 20.1. The van der Waals surface area contributed by atoms with Crippen LogP contribution in [0.15, 0.2) is 71.6 Å². The zero-order valence-electron chi connectivity index (χ0n) is 17.9. The Labute approximate surface area is 188 Å². The molecule has 0 unspecified atom stereocenters. The zero-order chi connectivity index (χ0) is 22.7. The van der Waals surface area contributed by atoms with Crippen LogP contribution in [0.2, 0.25) is 0 Å². The highest BCUT2D eigenvalue weighted by molar-refractivity contribution is 7.89. The molecule has 2 N–H and O–H groups in total. The minimum absolute atomic E-state index is 0.0443. The second kappa shape index (κ2) is 9.38. The molecule has 1 aliphatic rings. The third-order valence-corrected chi connectivity index (χ3v) is 7.77. The Morgan fingerprint density at radius 3 is 2.31 bits per heavy atom. The molecule has 0 bridgehead atoms. The van der Waals surface area contributed by atoms with Gasteiger partial charge in [0.05, 0.1) is 10.9 Å². The van der Waals surface area contributed by atoms with E-state index in [2.05, 4.69) is 10.0 Å². The fraction of sp³-hybridized carbons (Fsp3) is 0.320. The van der Waals surface area contributed by atoms with Crippen LogP contribution < -0.4 is 10.0 Å². The number of carbonyl (C=O) groups excluding carboxylic acids is 1. The summed E-state index contributed by atoms with van der Waals surface area (Å²) < 4.78 is 42.0. The van der Waals surface area contributed by atoms with Gasteiger partial charge in [-0.05, 0) is 61.8 Å². The first-order valence-electron chi connectivity index (χ1n) is 10.9. The van der Waals surface area contributed by atoms with Gasteiger partial charge >= 0.3 is 0 Å². The summed E-state index contributed by atoms with van der Waals surface area (Å²) in [6, 6.07) is 18.4. The molecule has 0 saturated heterocycles. The number of benzene rings is 3. The van der Waals surface area contributed by atoms with Crippen LogP contribution in [0.3, 0.4) is 0 Å². The predicted molar refractivity (Wildman–Crippen MR) is 123 cm³/mol. The fourth-order valence-corrected chi connectivity index (χ4v) is 5.89. The van der Waals surface area contributed by atoms with E-state index in [9.17, 15) is 17.6 Å². The Morgan fingerprint density at radius 1 is 0.938 bits per heavy atom. The van der Waals surface area contributed by atoms with E-state index in [0.29, 0.717) is 31.1 Å². The van der Waals surface area contributed by atoms with Gasteiger partial charge in [-0.1, -0.05) is 48.5 Å². The number of rotatable bonds is 6. The average Bonchev–Trinajstić information content (AvgIpc) is 2.79. The van der Waals surface area contributed by atoms with E-state index in [-0.39, 0.29) is 34.6 Å². The molecule has 3 aromatic carbocycles. The quantitative estimate of drug-likeness (QED) is 0.567. The SMILES string of the molecule is C[C@@H](NC(=O)[C@H]1CC[C@H](NS(=O)(=O)c2cccc3ccccc23)CC1)c1ccc(F)cc1. The van der Waals surface area contributed by atoms with Gasteiger partial charge in [0, 0.05) is 17.3 Å². The van der Waals surface area contributed by atoms with Crippen molar-refractivity contribution in [3.63, 3.8) is 0 Å². The third kappa shape index (κ3) is 5.00. The number of halogens is 1. The van der Waals surface area contributed by atoms with Crippen molar-refractivity contribution < 1.29 is 17.6 Å². The molecule has 168 valence electrons. The van der Waals surface area contributed by atoms with Crippen LogP contribution in [0, 0.1) is 11.7 Å². The lowest BCUT2D eigenvalue weighted by Crippen LogP contribution is -2.41. The Balaban J connectivity index is 1.35. The molecule has 5 nitrogen and oxygen atoms in total. The van der Waals surface area contributed by atoms with Crippen molar-refractivity contribution in [3.05, 3.63) is 78.1 Å². The van der Waals surface area contributed by atoms with Gasteiger partial charge in [-0.2, -0.15) is 0 Å². The van der Waals surface area contributed by atoms with Crippen LogP contribution in [0.25, 0.3) is 10.8 Å². The minimum atomic E-state index is -3.66. The van der Waals surface area contributed by atoms with Crippen molar-refractivity contribution in [2.45, 2.75) is 49.6 Å². The minimum Gasteiger partial charge on any atom is -0.349 e. The van der Waals surface area contributed by atoms with Gasteiger partial charge in [0.25, 0.3) is 0 Å². The van der Waals surface area contributed by atoms with Crippen LogP contribution in [-0.2, 0) is 14.8 Å². The number of fused-ring (bicyclic) bond motifs is 1. The van der Waals surface area contributed by atoms with Crippen LogP contribution in [0.1, 0.15) is 44.2 Å². The van der Waals surface area contributed by atoms with Crippen LogP contribution in [0.5, 0.6) is 0 Å². The first-order chi connectivity index (χ1) is 15.3. The molecule has 1 saturated carbocycles. The van der Waals surface area contributed by atoms with Crippen molar-refractivity contribution in [2.75, 3.05) is 0 Å². The molecule has 1 atom stereocenters. The van der Waals surface area contributed by atoms with Gasteiger partial charge in [0.2, 0.25) is 15.9 Å². The maximum Gasteiger partial charge on any atom is 0.241 e. The molecule has 1 fully saturated rings. The molecule has 0 radical (unpaired) electrons. The van der Waals surface area contributed by atoms with Crippen molar-refractivity contribution in [1.82, 2.24) is 10.0 Å². The number of hydrogen-bond donors (Lipinski definition) is 2. The van der Waals surface area contributed by atoms with Gasteiger partial charge in [-0.3, -0.25) is 4.79 Å². The Bertz CT molecular complexity index is 1200. The second-order valence-electron chi connectivity index (χ2n) is 8.43. The number of sulfonamides is 1. The van der Waals surface area contributed by atoms with Gasteiger partial charge in [-0.15, -0.1) is 0 Å². The molecule has 4 rings (SSSR count). The molecule has 1 amide bonds. The van der Waals surface area contributed by atoms with E-state index in [1.807, 2.05) is 37.3 Å². The summed E-state index contributed by atoms with van der Waals surface area (Å²) in [6.07, 6.45) is 2.44. The molecule has 32 heavy (non-hydrogen) atoms. The first kappa shape index (κ1) is 22.4. The maximum atomic E-state index is 13.1. The zero-order valence-corrected chi connectivity index (χ0v) is 18.7. The average molecular weight is 455 g/mol. The Kier molecular flexibility index (Phi) is 6.58. The van der Waals surface area contributed by atoms with Gasteiger partial charge in [0.1, 0.15) is 5.82 Å². The summed E-state index contributed by atoms with van der Waals surface area (Å²) in [5.41, 5.74) is 0.844. The standard InChI is InChI=1S/C25H27FN2O3S/c1-17(18-9-13-21(26)14-10-18)27-25(29)20-11-15-22(16-12-20)28-32(30,31)24-8-4-6-19-5-2-3-7-23(19)24/h2-10,13-14,17,20,22,28H,11-12,15-16H2,1H3,(H,27,29)/t17-,20-,22-/m1/s1. The molecule has 0 aromatic heterocycles. The molecule has 0 aliphatic heterocycles. The highest BCUT2D eigenvalue weighted by Crippen LogP contribution is 2.28. The van der Waals surface area contributed by atoms with Crippen LogP contribution in [0.4, 0.5) is 4.39 Å². The van der Waals surface area contributed by atoms with E-state index < -0.39 is 10.0 Å². The second-order valence-corrected chi connectivity index (χ2v) is 10.1. The number of hydrogen-bond acceptors (Lipinski definition) is 3. The highest BCUT2D eigenvalue weighted by atomic mass is 32.2. The van der Waals surface area contributed by atoms with Gasteiger partial charge in [-0.25, -0.2) is 17.5 Å². The summed E-state index contributed by atoms with van der Waals surface area (Å²) >= 11 is 0. The van der Waals surface area contributed by atoms with Crippen LogP contribution >= 0.6 is 0 Å². The summed E-state index contributed by atoms with van der Waals surface area (Å²) in [7, 11) is -3.66. The summed E-state index contributed by atoms with van der Waals surface area (Å²) in [4.78, 5) is 13.0. The molecule has 0 spiro atoms. The fourth-order valence-electron chi connectivity index (χ4n) is 4.35. The molecule has 3 aromatic rings. The lowest BCUT2D eigenvalue weighted by molar-refractivity contribution is -0.126. The Morgan fingerprint density at radius 2 is 1.59 bits per heavy atom. The molecular weight excluding hydrogens is 427 g/mol. The Hall–Kier alpha value is -2.77. The summed E-state index contributed by atoms with van der Waals surface area (Å²) in [5, 5.41) is 4.57. The number of carbonyl (C=O) groups is 1. The maximum absolute atomic E-state index is 13.1. The predicted octanol–water partition coefficient (Wildman–Crippen LogP) is 4.69. The van der Waals surface area contributed by atoms with Crippen molar-refractivity contribution >= 4 is 26.7 Å². The van der Waals surface area contributed by atoms with Crippen molar-refractivity contribution in [2.24, 2.45) is 5.92 Å². The van der Waals surface area contributed by atoms with E-state index >= 15 is 0 Å². The first-order valence-corrected chi connectivity index (χ1v) is 12.4. The summed E-state index contributed by atoms with van der Waals surface area (Å²) in [6.45, 7) is 1.87. The van der Waals surface area contributed by atoms with Gasteiger partial charge < -0.3 is 5.32 Å².